The fourth-order valence-corrected chi connectivity index (χ4v) is 1.83. The second-order valence-electron chi connectivity index (χ2n) is 3.92. The molecule has 0 aliphatic heterocycles. The van der Waals surface area contributed by atoms with Gasteiger partial charge in [-0.2, -0.15) is 10.5 Å². The molecule has 0 unspecified atom stereocenters. The van der Waals surface area contributed by atoms with E-state index < -0.39 is 11.4 Å². The van der Waals surface area contributed by atoms with Gasteiger partial charge in [0.25, 0.3) is 5.56 Å². The minimum Gasteiger partial charge on any atom is -0.382 e. The van der Waals surface area contributed by atoms with Crippen LogP contribution >= 0.6 is 0 Å². The van der Waals surface area contributed by atoms with Gasteiger partial charge in [-0.1, -0.05) is 12.1 Å². The maximum Gasteiger partial charge on any atom is 0.289 e. The fraction of sp³-hybridized carbons (Fsp3) is 0. The molecule has 0 saturated heterocycles. The van der Waals surface area contributed by atoms with E-state index in [0.29, 0.717) is 10.2 Å². The van der Waals surface area contributed by atoms with E-state index in [4.69, 9.17) is 22.1 Å². The third-order valence-corrected chi connectivity index (χ3v) is 2.80. The topological polar surface area (TPSA) is 122 Å². The minimum atomic E-state index is -0.816. The number of nitrogens with two attached hydrogens (primary N) is 2. The summed E-state index contributed by atoms with van der Waals surface area (Å²) in [7, 11) is 0. The summed E-state index contributed by atoms with van der Waals surface area (Å²) in [4.78, 5) is 11.9. The molecule has 0 saturated carbocycles. The number of hydrogen-bond donors (Lipinski definition) is 2. The predicted octanol–water partition coefficient (Wildman–Crippen LogP) is 0.694. The third-order valence-electron chi connectivity index (χ3n) is 2.80. The predicted molar refractivity (Wildman–Crippen MR) is 70.1 cm³/mol. The van der Waals surface area contributed by atoms with Crippen molar-refractivity contribution in [2.24, 2.45) is 0 Å². The second-order valence-corrected chi connectivity index (χ2v) is 3.92. The van der Waals surface area contributed by atoms with Gasteiger partial charge in [-0.25, -0.2) is 9.07 Å². The smallest absolute Gasteiger partial charge is 0.289 e. The molecule has 7 heteroatoms. The summed E-state index contributed by atoms with van der Waals surface area (Å²) in [6.45, 7) is 0. The van der Waals surface area contributed by atoms with Crippen molar-refractivity contribution in [1.82, 2.24) is 4.68 Å². The average molecular weight is 269 g/mol. The fourth-order valence-electron chi connectivity index (χ4n) is 1.83. The molecular formula is C13H8FN5O. The van der Waals surface area contributed by atoms with E-state index in [1.54, 1.807) is 6.07 Å². The van der Waals surface area contributed by atoms with Crippen molar-refractivity contribution in [2.45, 2.75) is 0 Å². The summed E-state index contributed by atoms with van der Waals surface area (Å²) in [6.07, 6.45) is 0. The molecule has 0 fully saturated rings. The molecule has 2 aromatic rings. The largest absolute Gasteiger partial charge is 0.382 e. The summed E-state index contributed by atoms with van der Waals surface area (Å²) in [5, 5.41) is 18.3. The molecule has 1 aromatic heterocycles. The van der Waals surface area contributed by atoms with Crippen molar-refractivity contribution in [1.29, 1.82) is 10.5 Å². The summed E-state index contributed by atoms with van der Waals surface area (Å²) < 4.78 is 13.5. The standard InChI is InChI=1S/C13H8FN5O/c14-8-3-1-7(2-4-8)11-9(5-15)12(17)19(18)13(20)10(11)6-16/h1-4H,17-18H2. The molecule has 2 rings (SSSR count). The van der Waals surface area contributed by atoms with Crippen LogP contribution in [0.2, 0.25) is 0 Å². The van der Waals surface area contributed by atoms with Gasteiger partial charge in [0, 0.05) is 5.56 Å². The van der Waals surface area contributed by atoms with Gasteiger partial charge in [0.1, 0.15) is 34.9 Å². The van der Waals surface area contributed by atoms with Crippen LogP contribution in [-0.4, -0.2) is 4.68 Å². The van der Waals surface area contributed by atoms with E-state index in [2.05, 4.69) is 0 Å². The lowest BCUT2D eigenvalue weighted by molar-refractivity contribution is 0.628. The maximum atomic E-state index is 12.9. The van der Waals surface area contributed by atoms with Crippen LogP contribution in [0, 0.1) is 28.5 Å². The Morgan fingerprint density at radius 3 is 2.15 bits per heavy atom. The lowest BCUT2D eigenvalue weighted by Crippen LogP contribution is -2.33. The molecule has 0 aliphatic rings. The van der Waals surface area contributed by atoms with Crippen LogP contribution in [0.5, 0.6) is 0 Å². The molecule has 1 heterocycles. The number of pyridine rings is 1. The normalized spacial score (nSPS) is 9.75. The monoisotopic (exact) mass is 269 g/mol. The lowest BCUT2D eigenvalue weighted by Gasteiger charge is -2.12. The minimum absolute atomic E-state index is 0.0548. The quantitative estimate of drug-likeness (QED) is 0.737. The number of benzene rings is 1. The Hall–Kier alpha value is -3.32. The first-order valence-corrected chi connectivity index (χ1v) is 5.41. The van der Waals surface area contributed by atoms with E-state index in [9.17, 15) is 9.18 Å². The van der Waals surface area contributed by atoms with E-state index in [1.807, 2.05) is 6.07 Å². The first-order valence-electron chi connectivity index (χ1n) is 5.41. The summed E-state index contributed by atoms with van der Waals surface area (Å²) in [6, 6.07) is 8.53. The second kappa shape index (κ2) is 4.75. The van der Waals surface area contributed by atoms with Crippen LogP contribution in [-0.2, 0) is 0 Å². The molecule has 0 atom stereocenters. The van der Waals surface area contributed by atoms with Crippen molar-refractivity contribution in [3.63, 3.8) is 0 Å². The molecule has 98 valence electrons. The number of nitrogens with zero attached hydrogens (tertiary/aromatic N) is 3. The Balaban J connectivity index is 2.96. The molecule has 20 heavy (non-hydrogen) atoms. The van der Waals surface area contributed by atoms with Crippen molar-refractivity contribution < 1.29 is 4.39 Å². The highest BCUT2D eigenvalue weighted by Crippen LogP contribution is 2.28. The summed E-state index contributed by atoms with van der Waals surface area (Å²) in [5.74, 6) is 4.69. The number of rotatable bonds is 1. The first-order chi connectivity index (χ1) is 9.51. The number of anilines is 1. The summed E-state index contributed by atoms with van der Waals surface area (Å²) >= 11 is 0. The zero-order valence-corrected chi connectivity index (χ0v) is 10.1. The van der Waals surface area contributed by atoms with Gasteiger partial charge >= 0.3 is 0 Å². The van der Waals surface area contributed by atoms with Gasteiger partial charge in [-0.15, -0.1) is 0 Å². The molecule has 0 aliphatic carbocycles. The third kappa shape index (κ3) is 1.84. The Kier molecular flexibility index (Phi) is 3.11. The van der Waals surface area contributed by atoms with E-state index >= 15 is 0 Å². The van der Waals surface area contributed by atoms with E-state index in [0.717, 1.165) is 12.1 Å². The molecule has 0 spiro atoms. The van der Waals surface area contributed by atoms with E-state index in [1.165, 1.54) is 12.1 Å². The highest BCUT2D eigenvalue weighted by molar-refractivity contribution is 5.80. The summed E-state index contributed by atoms with van der Waals surface area (Å²) in [5.41, 5.74) is 4.78. The molecule has 0 radical (unpaired) electrons. The van der Waals surface area contributed by atoms with Gasteiger partial charge in [0.2, 0.25) is 0 Å². The van der Waals surface area contributed by atoms with Crippen LogP contribution in [0.4, 0.5) is 10.2 Å². The number of hydrogen-bond acceptors (Lipinski definition) is 5. The zero-order valence-electron chi connectivity index (χ0n) is 10.1. The molecule has 0 amide bonds. The first kappa shape index (κ1) is 13.1. The Morgan fingerprint density at radius 1 is 1.10 bits per heavy atom. The van der Waals surface area contributed by atoms with Crippen LogP contribution in [0.3, 0.4) is 0 Å². The SMILES string of the molecule is N#Cc1c(-c2ccc(F)cc2)c(C#N)c(=O)n(N)c1N. The highest BCUT2D eigenvalue weighted by Gasteiger charge is 2.20. The zero-order chi connectivity index (χ0) is 14.9. The number of nitrogen functional groups attached to an aromatic ring is 2. The number of halogens is 1. The van der Waals surface area contributed by atoms with Gasteiger partial charge in [-0.3, -0.25) is 4.79 Å². The van der Waals surface area contributed by atoms with Crippen LogP contribution in [0.25, 0.3) is 11.1 Å². The van der Waals surface area contributed by atoms with Gasteiger partial charge in [0.05, 0.1) is 0 Å². The van der Waals surface area contributed by atoms with Gasteiger partial charge in [0.15, 0.2) is 0 Å². The Morgan fingerprint density at radius 2 is 1.65 bits per heavy atom. The lowest BCUT2D eigenvalue weighted by atomic mass is 9.96. The Bertz CT molecular complexity index is 824. The molecule has 4 N–H and O–H groups in total. The van der Waals surface area contributed by atoms with Crippen LogP contribution in [0.1, 0.15) is 11.1 Å². The molecule has 6 nitrogen and oxygen atoms in total. The van der Waals surface area contributed by atoms with Gasteiger partial charge in [-0.05, 0) is 17.7 Å². The Labute approximate surface area is 112 Å². The van der Waals surface area contributed by atoms with Crippen LogP contribution in [0.15, 0.2) is 29.1 Å². The van der Waals surface area contributed by atoms with E-state index in [-0.39, 0.29) is 22.5 Å². The van der Waals surface area contributed by atoms with Gasteiger partial charge < -0.3 is 11.6 Å². The molecule has 1 aromatic carbocycles. The molecule has 0 bridgehead atoms. The molecular weight excluding hydrogens is 261 g/mol. The van der Waals surface area contributed by atoms with Crippen molar-refractivity contribution >= 4 is 5.82 Å². The van der Waals surface area contributed by atoms with Crippen LogP contribution < -0.4 is 17.1 Å². The highest BCUT2D eigenvalue weighted by atomic mass is 19.1. The van der Waals surface area contributed by atoms with Crippen molar-refractivity contribution in [3.8, 4) is 23.3 Å². The van der Waals surface area contributed by atoms with Crippen molar-refractivity contribution in [2.75, 3.05) is 11.6 Å². The number of aromatic nitrogens is 1. The maximum absolute atomic E-state index is 12.9. The number of nitriles is 2. The van der Waals surface area contributed by atoms with Crippen molar-refractivity contribution in [3.05, 3.63) is 51.6 Å². The average Bonchev–Trinajstić information content (AvgIpc) is 2.45.